The Hall–Kier alpha value is -2.82. The average molecular weight is 395 g/mol. The molecule has 2 aromatic heterocycles. The van der Waals surface area contributed by atoms with E-state index in [0.29, 0.717) is 0 Å². The van der Waals surface area contributed by atoms with E-state index in [0.717, 1.165) is 0 Å². The third kappa shape index (κ3) is 1.91. The van der Waals surface area contributed by atoms with E-state index in [2.05, 4.69) is 82.8 Å². The summed E-state index contributed by atoms with van der Waals surface area (Å²) in [5.41, 5.74) is 4.90. The number of aromatic amines is 2. The molecule has 28 heavy (non-hydrogen) atoms. The fraction of sp³-hybridized carbons (Fsp3) is 0. The van der Waals surface area contributed by atoms with E-state index in [1.54, 1.807) is 0 Å². The van der Waals surface area contributed by atoms with Crippen LogP contribution < -0.4 is 0 Å². The Morgan fingerprint density at radius 1 is 0.464 bits per heavy atom. The second kappa shape index (κ2) is 5.37. The van der Waals surface area contributed by atoms with E-state index in [9.17, 15) is 0 Å². The van der Waals surface area contributed by atoms with E-state index < -0.39 is 0 Å². The fourth-order valence-corrected chi connectivity index (χ4v) is 6.80. The van der Waals surface area contributed by atoms with Crippen molar-refractivity contribution in [3.63, 3.8) is 0 Å². The largest absolute Gasteiger partial charge is 0.354 e. The number of hydrogen-bond acceptors (Lipinski definition) is 2. The number of H-pyrrole nitrogens is 2. The van der Waals surface area contributed by atoms with Gasteiger partial charge in [-0.3, -0.25) is 0 Å². The van der Waals surface area contributed by atoms with Crippen molar-refractivity contribution < 1.29 is 0 Å². The van der Waals surface area contributed by atoms with Crippen LogP contribution in [0.5, 0.6) is 0 Å². The van der Waals surface area contributed by atoms with Gasteiger partial charge in [0.05, 0.1) is 20.8 Å². The molecule has 1 aliphatic heterocycles. The molecule has 0 amide bonds. The number of fused-ring (bicyclic) bond motifs is 10. The molecule has 0 saturated carbocycles. The molecule has 2 nitrogen and oxygen atoms in total. The Balaban J connectivity index is 1.50. The summed E-state index contributed by atoms with van der Waals surface area (Å²) in [7, 11) is 0. The van der Waals surface area contributed by atoms with Gasteiger partial charge in [-0.25, -0.2) is 0 Å². The fourth-order valence-electron chi connectivity index (χ4n) is 4.33. The van der Waals surface area contributed by atoms with E-state index in [1.807, 2.05) is 23.5 Å². The first-order chi connectivity index (χ1) is 13.9. The van der Waals surface area contributed by atoms with Gasteiger partial charge in [0.25, 0.3) is 0 Å². The Labute approximate surface area is 169 Å². The lowest BCUT2D eigenvalue weighted by Crippen LogP contribution is -1.91. The summed E-state index contributed by atoms with van der Waals surface area (Å²) >= 11 is 3.76. The highest BCUT2D eigenvalue weighted by molar-refractivity contribution is 8.05. The van der Waals surface area contributed by atoms with Crippen molar-refractivity contribution in [1.29, 1.82) is 0 Å². The molecule has 0 saturated heterocycles. The number of aromatic nitrogens is 2. The summed E-state index contributed by atoms with van der Waals surface area (Å²) in [6.45, 7) is 0. The smallest absolute Gasteiger partial charge is 0.0618 e. The predicted octanol–water partition coefficient (Wildman–Crippen LogP) is 7.57. The topological polar surface area (TPSA) is 31.6 Å². The van der Waals surface area contributed by atoms with Crippen molar-refractivity contribution in [3.8, 4) is 0 Å². The van der Waals surface area contributed by atoms with E-state index in [4.69, 9.17) is 0 Å². The second-order valence-corrected chi connectivity index (χ2v) is 9.28. The van der Waals surface area contributed by atoms with Gasteiger partial charge in [-0.1, -0.05) is 72.1 Å². The molecule has 0 radical (unpaired) electrons. The van der Waals surface area contributed by atoms with Gasteiger partial charge in [0.1, 0.15) is 0 Å². The lowest BCUT2D eigenvalue weighted by molar-refractivity contribution is 1.19. The molecule has 0 unspecified atom stereocenters. The third-order valence-electron chi connectivity index (χ3n) is 5.62. The minimum Gasteiger partial charge on any atom is -0.354 e. The number of hydrogen-bond donors (Lipinski definition) is 2. The molecule has 7 rings (SSSR count). The van der Waals surface area contributed by atoms with Gasteiger partial charge in [-0.15, -0.1) is 0 Å². The minimum atomic E-state index is 1.20. The highest BCUT2D eigenvalue weighted by Gasteiger charge is 2.23. The third-order valence-corrected chi connectivity index (χ3v) is 8.26. The number of para-hydroxylation sites is 2. The number of rotatable bonds is 0. The first kappa shape index (κ1) is 15.1. The maximum Gasteiger partial charge on any atom is 0.0618 e. The van der Waals surface area contributed by atoms with Crippen LogP contribution in [0.25, 0.3) is 43.6 Å². The van der Waals surface area contributed by atoms with Crippen molar-refractivity contribution in [2.75, 3.05) is 0 Å². The highest BCUT2D eigenvalue weighted by Crippen LogP contribution is 2.53. The summed E-state index contributed by atoms with van der Waals surface area (Å²) in [5.74, 6) is 0. The average Bonchev–Trinajstić information content (AvgIpc) is 3.31. The molecule has 6 aromatic rings. The van der Waals surface area contributed by atoms with Crippen LogP contribution in [0.1, 0.15) is 0 Å². The molecule has 4 heteroatoms. The zero-order valence-corrected chi connectivity index (χ0v) is 16.4. The van der Waals surface area contributed by atoms with Crippen LogP contribution in [0, 0.1) is 0 Å². The highest BCUT2D eigenvalue weighted by atomic mass is 32.2. The first-order valence-corrected chi connectivity index (χ1v) is 10.9. The maximum absolute atomic E-state index is 3.65. The lowest BCUT2D eigenvalue weighted by atomic mass is 10.1. The molecule has 1 aliphatic rings. The first-order valence-electron chi connectivity index (χ1n) is 9.29. The van der Waals surface area contributed by atoms with Gasteiger partial charge >= 0.3 is 0 Å². The van der Waals surface area contributed by atoms with Gasteiger partial charge in [-0.2, -0.15) is 0 Å². The zero-order chi connectivity index (χ0) is 18.2. The Kier molecular flexibility index (Phi) is 2.91. The summed E-state index contributed by atoms with van der Waals surface area (Å²) in [6, 6.07) is 26.2. The summed E-state index contributed by atoms with van der Waals surface area (Å²) < 4.78 is 0. The number of benzene rings is 4. The molecule has 0 atom stereocenters. The van der Waals surface area contributed by atoms with E-state index in [1.165, 1.54) is 63.2 Å². The molecular formula is C24H14N2S2. The molecule has 4 aromatic carbocycles. The van der Waals surface area contributed by atoms with Crippen LogP contribution in [0.4, 0.5) is 0 Å². The van der Waals surface area contributed by atoms with Crippen LogP contribution >= 0.6 is 23.5 Å². The maximum atomic E-state index is 3.65. The van der Waals surface area contributed by atoms with Crippen molar-refractivity contribution >= 4 is 67.1 Å². The van der Waals surface area contributed by atoms with Crippen LogP contribution in [-0.2, 0) is 0 Å². The summed E-state index contributed by atoms with van der Waals surface area (Å²) in [5, 5.41) is 5.20. The lowest BCUT2D eigenvalue weighted by Gasteiger charge is -2.19. The van der Waals surface area contributed by atoms with Crippen LogP contribution in [0.15, 0.2) is 92.4 Å². The van der Waals surface area contributed by atoms with Crippen LogP contribution in [0.3, 0.4) is 0 Å². The Morgan fingerprint density at radius 2 is 0.929 bits per heavy atom. The molecule has 0 bridgehead atoms. The number of nitrogens with one attached hydrogen (secondary N) is 2. The summed E-state index contributed by atoms with van der Waals surface area (Å²) in [4.78, 5) is 12.6. The van der Waals surface area contributed by atoms with E-state index in [-0.39, 0.29) is 0 Å². The molecule has 0 spiro atoms. The molecule has 3 heterocycles. The normalized spacial score (nSPS) is 13.4. The molecular weight excluding hydrogens is 380 g/mol. The van der Waals surface area contributed by atoms with Crippen molar-refractivity contribution in [1.82, 2.24) is 9.97 Å². The van der Waals surface area contributed by atoms with E-state index >= 15 is 0 Å². The molecule has 0 fully saturated rings. The van der Waals surface area contributed by atoms with Gasteiger partial charge in [0.15, 0.2) is 0 Å². The van der Waals surface area contributed by atoms with Gasteiger partial charge in [0.2, 0.25) is 0 Å². The van der Waals surface area contributed by atoms with Crippen molar-refractivity contribution in [2.24, 2.45) is 0 Å². The molecule has 0 aliphatic carbocycles. The van der Waals surface area contributed by atoms with Crippen molar-refractivity contribution in [3.05, 3.63) is 72.8 Å². The SMILES string of the molecule is c1ccc2c(c1)[nH]c1c3c(ccc12)Sc1c(ccc2c1[nH]c1ccccc12)S3. The monoisotopic (exact) mass is 394 g/mol. The molecule has 2 N–H and O–H groups in total. The van der Waals surface area contributed by atoms with Crippen LogP contribution in [0.2, 0.25) is 0 Å². The van der Waals surface area contributed by atoms with Gasteiger partial charge in [0, 0.05) is 42.4 Å². The van der Waals surface area contributed by atoms with Gasteiger partial charge < -0.3 is 9.97 Å². The molecule has 132 valence electrons. The minimum absolute atomic E-state index is 1.20. The van der Waals surface area contributed by atoms with Crippen molar-refractivity contribution in [2.45, 2.75) is 19.6 Å². The standard InChI is InChI=1S/C24H14N2S2/c1-3-7-17-13(5-1)15-9-11-19-23(21(15)25-17)27-20-12-10-16-14-6-2-4-8-18(14)26-22(16)24(20)28-19/h1-12,25-26H. The second-order valence-electron chi connectivity index (χ2n) is 7.18. The zero-order valence-electron chi connectivity index (χ0n) is 14.7. The predicted molar refractivity (Wildman–Crippen MR) is 120 cm³/mol. The summed E-state index contributed by atoms with van der Waals surface area (Å²) in [6.07, 6.45) is 0. The van der Waals surface area contributed by atoms with Crippen LogP contribution in [-0.4, -0.2) is 9.97 Å². The quantitative estimate of drug-likeness (QED) is 0.278. The Morgan fingerprint density at radius 3 is 1.43 bits per heavy atom. The Bertz CT molecular complexity index is 1450. The van der Waals surface area contributed by atoms with Gasteiger partial charge in [-0.05, 0) is 24.3 Å².